The van der Waals surface area contributed by atoms with Gasteiger partial charge in [0.05, 0.1) is 33.7 Å². The molecule has 1 aliphatic carbocycles. The van der Waals surface area contributed by atoms with E-state index in [-0.39, 0.29) is 22.8 Å². The van der Waals surface area contributed by atoms with Gasteiger partial charge in [0.2, 0.25) is 0 Å². The van der Waals surface area contributed by atoms with E-state index in [4.69, 9.17) is 4.74 Å². The molecule has 2 aromatic rings. The molecule has 0 spiro atoms. The summed E-state index contributed by atoms with van der Waals surface area (Å²) in [7, 11) is -1.84. The number of nitriles is 2. The van der Waals surface area contributed by atoms with Gasteiger partial charge in [0, 0.05) is 43.6 Å². The number of fused-ring (bicyclic) bond motifs is 1. The van der Waals surface area contributed by atoms with Crippen LogP contribution >= 0.6 is 0 Å². The van der Waals surface area contributed by atoms with Gasteiger partial charge in [-0.25, -0.2) is 8.42 Å². The first-order valence-electron chi connectivity index (χ1n) is 14.0. The van der Waals surface area contributed by atoms with Crippen LogP contribution in [0.15, 0.2) is 47.4 Å². The molecule has 2 heterocycles. The van der Waals surface area contributed by atoms with Gasteiger partial charge in [-0.1, -0.05) is 18.9 Å². The molecule has 210 valence electrons. The molecule has 1 unspecified atom stereocenters. The summed E-state index contributed by atoms with van der Waals surface area (Å²) in [5.41, 5.74) is 2.90. The van der Waals surface area contributed by atoms with Crippen molar-refractivity contribution in [1.29, 1.82) is 10.5 Å². The van der Waals surface area contributed by atoms with Crippen LogP contribution in [0.3, 0.4) is 0 Å². The van der Waals surface area contributed by atoms with Crippen LogP contribution in [0.25, 0.3) is 0 Å². The summed E-state index contributed by atoms with van der Waals surface area (Å²) in [6.07, 6.45) is 5.56. The Morgan fingerprint density at radius 1 is 0.900 bits per heavy atom. The van der Waals surface area contributed by atoms with Crippen molar-refractivity contribution in [2.75, 3.05) is 35.4 Å². The molecule has 1 saturated carbocycles. The van der Waals surface area contributed by atoms with Crippen molar-refractivity contribution in [3.63, 3.8) is 0 Å². The summed E-state index contributed by atoms with van der Waals surface area (Å²) < 4.78 is 32.7. The smallest absolute Gasteiger partial charge is 0.264 e. The maximum Gasteiger partial charge on any atom is 0.264 e. The average Bonchev–Trinajstić information content (AvgIpc) is 2.95. The average molecular weight is 562 g/mol. The van der Waals surface area contributed by atoms with Gasteiger partial charge in [-0.3, -0.25) is 4.79 Å². The van der Waals surface area contributed by atoms with Crippen molar-refractivity contribution < 1.29 is 17.9 Å². The van der Waals surface area contributed by atoms with E-state index in [1.54, 1.807) is 25.2 Å². The highest BCUT2D eigenvalue weighted by Gasteiger charge is 2.41. The molecule has 0 bridgehead atoms. The number of carbonyl (C=O) groups is 1. The predicted molar refractivity (Wildman–Crippen MR) is 153 cm³/mol. The molecule has 1 saturated heterocycles. The number of rotatable bonds is 5. The van der Waals surface area contributed by atoms with Gasteiger partial charge in [-0.15, -0.1) is 0 Å². The zero-order valence-electron chi connectivity index (χ0n) is 22.8. The van der Waals surface area contributed by atoms with Crippen LogP contribution < -0.4 is 15.1 Å². The number of amides is 1. The molecule has 0 aromatic heterocycles. The number of sulfone groups is 1. The maximum absolute atomic E-state index is 13.6. The van der Waals surface area contributed by atoms with Crippen molar-refractivity contribution in [2.24, 2.45) is 5.92 Å². The molecule has 2 aliphatic heterocycles. The minimum atomic E-state index is -3.53. The third-order valence-electron chi connectivity index (χ3n) is 8.39. The van der Waals surface area contributed by atoms with E-state index in [1.165, 1.54) is 4.90 Å². The number of likely N-dealkylation sites (N-methyl/N-ethyl adjacent to an activating group) is 1. The summed E-state index contributed by atoms with van der Waals surface area (Å²) >= 11 is 0. The molecule has 2 aromatic carbocycles. The number of benzene rings is 2. The monoisotopic (exact) mass is 561 g/mol. The number of hydrogen-bond donors (Lipinski definition) is 1. The van der Waals surface area contributed by atoms with Crippen LogP contribution in [0, 0.1) is 28.6 Å². The first-order chi connectivity index (χ1) is 19.3. The first-order valence-corrected chi connectivity index (χ1v) is 15.6. The van der Waals surface area contributed by atoms with E-state index in [0.29, 0.717) is 31.7 Å². The van der Waals surface area contributed by atoms with E-state index >= 15 is 0 Å². The summed E-state index contributed by atoms with van der Waals surface area (Å²) in [6, 6.07) is 16.2. The number of nitrogens with zero attached hydrogens (tertiary/aromatic N) is 4. The standard InChI is InChI=1S/C30H35N5O4S/c1-34-27-12-11-23(18-28(27)35(29(20-32)30(34)36)24-13-15-39-16-14-24)33-22-7-4-10-26(17-22)40(37,38)25-8-2-5-21(19-31)6-3-9-25/h4,7,10-12,17-18,21,24-25,29,33H,2-3,5-6,8-9,13-16H2,1H3. The van der Waals surface area contributed by atoms with Crippen LogP contribution in [0.2, 0.25) is 0 Å². The molecule has 10 heteroatoms. The fourth-order valence-electron chi connectivity index (χ4n) is 6.16. The number of nitrogens with one attached hydrogen (secondary N) is 1. The van der Waals surface area contributed by atoms with E-state index < -0.39 is 21.1 Å². The Balaban J connectivity index is 1.40. The van der Waals surface area contributed by atoms with Crippen LogP contribution in [0.4, 0.5) is 22.7 Å². The second kappa shape index (κ2) is 11.9. The summed E-state index contributed by atoms with van der Waals surface area (Å²) in [5, 5.41) is 22.1. The van der Waals surface area contributed by atoms with Crippen molar-refractivity contribution >= 4 is 38.5 Å². The van der Waals surface area contributed by atoms with E-state index in [9.17, 15) is 23.7 Å². The van der Waals surface area contributed by atoms with E-state index in [2.05, 4.69) is 17.5 Å². The van der Waals surface area contributed by atoms with Gasteiger partial charge < -0.3 is 19.9 Å². The molecule has 1 N–H and O–H groups in total. The Bertz CT molecular complexity index is 1430. The van der Waals surface area contributed by atoms with Crippen molar-refractivity contribution in [3.8, 4) is 12.1 Å². The molecule has 40 heavy (non-hydrogen) atoms. The lowest BCUT2D eigenvalue weighted by molar-refractivity contribution is -0.119. The van der Waals surface area contributed by atoms with E-state index in [0.717, 1.165) is 55.6 Å². The van der Waals surface area contributed by atoms with Crippen LogP contribution in [-0.2, 0) is 19.4 Å². The lowest BCUT2D eigenvalue weighted by Gasteiger charge is -2.44. The molecule has 1 amide bonds. The quantitative estimate of drug-likeness (QED) is 0.545. The summed E-state index contributed by atoms with van der Waals surface area (Å²) in [5.74, 6) is -0.228. The van der Waals surface area contributed by atoms with Crippen molar-refractivity contribution in [2.45, 2.75) is 73.6 Å². The first kappa shape index (κ1) is 27.9. The normalized spacial score (nSPS) is 24.3. The fraction of sp³-hybridized carbons (Fsp3) is 0.500. The van der Waals surface area contributed by atoms with Gasteiger partial charge in [-0.05, 0) is 74.9 Å². The second-order valence-corrected chi connectivity index (χ2v) is 13.1. The van der Waals surface area contributed by atoms with Crippen molar-refractivity contribution in [3.05, 3.63) is 42.5 Å². The number of ether oxygens (including phenoxy) is 1. The zero-order valence-corrected chi connectivity index (χ0v) is 23.6. The largest absolute Gasteiger partial charge is 0.381 e. The van der Waals surface area contributed by atoms with Gasteiger partial charge in [0.15, 0.2) is 15.9 Å². The van der Waals surface area contributed by atoms with Gasteiger partial charge in [-0.2, -0.15) is 10.5 Å². The number of hydrogen-bond acceptors (Lipinski definition) is 8. The van der Waals surface area contributed by atoms with Gasteiger partial charge >= 0.3 is 0 Å². The molecule has 2 fully saturated rings. The number of anilines is 4. The van der Waals surface area contributed by atoms with Gasteiger partial charge in [0.1, 0.15) is 0 Å². The third kappa shape index (κ3) is 5.52. The number of carbonyl (C=O) groups excluding carboxylic acids is 1. The highest BCUT2D eigenvalue weighted by Crippen LogP contribution is 2.41. The highest BCUT2D eigenvalue weighted by atomic mass is 32.2. The molecule has 0 radical (unpaired) electrons. The van der Waals surface area contributed by atoms with Crippen LogP contribution in [0.1, 0.15) is 51.4 Å². The lowest BCUT2D eigenvalue weighted by atomic mass is 9.92. The predicted octanol–water partition coefficient (Wildman–Crippen LogP) is 4.92. The van der Waals surface area contributed by atoms with Gasteiger partial charge in [0.25, 0.3) is 5.91 Å². The molecule has 3 aliphatic rings. The molecule has 9 nitrogen and oxygen atoms in total. The maximum atomic E-state index is 13.6. The lowest BCUT2D eigenvalue weighted by Crippen LogP contribution is -2.56. The third-order valence-corrected chi connectivity index (χ3v) is 10.7. The zero-order chi connectivity index (χ0) is 28.3. The molecule has 1 atom stereocenters. The fourth-order valence-corrected chi connectivity index (χ4v) is 8.06. The summed E-state index contributed by atoms with van der Waals surface area (Å²) in [6.45, 7) is 1.16. The molecular formula is C30H35N5O4S. The van der Waals surface area contributed by atoms with Crippen LogP contribution in [-0.4, -0.2) is 51.9 Å². The second-order valence-electron chi connectivity index (χ2n) is 10.9. The van der Waals surface area contributed by atoms with Crippen molar-refractivity contribution in [1.82, 2.24) is 0 Å². The Morgan fingerprint density at radius 3 is 2.27 bits per heavy atom. The minimum Gasteiger partial charge on any atom is -0.381 e. The van der Waals surface area contributed by atoms with E-state index in [1.807, 2.05) is 29.2 Å². The topological polar surface area (TPSA) is 127 Å². The Hall–Kier alpha value is -3.60. The summed E-state index contributed by atoms with van der Waals surface area (Å²) in [4.78, 5) is 16.8. The highest BCUT2D eigenvalue weighted by molar-refractivity contribution is 7.92. The Kier molecular flexibility index (Phi) is 8.30. The minimum absolute atomic E-state index is 0.00531. The molecular weight excluding hydrogens is 526 g/mol. The Morgan fingerprint density at radius 2 is 1.60 bits per heavy atom. The molecule has 5 rings (SSSR count). The SMILES string of the molecule is CN1C(=O)C(C#N)N(C2CCOCC2)c2cc(Nc3cccc(S(=O)(=O)C4CCCC(C#N)CCC4)c3)ccc21. The Labute approximate surface area is 236 Å². The van der Waals surface area contributed by atoms with Crippen LogP contribution in [0.5, 0.6) is 0 Å².